The zero-order valence-electron chi connectivity index (χ0n) is 22.3. The molecule has 0 aliphatic carbocycles. The van der Waals surface area contributed by atoms with E-state index in [0.717, 1.165) is 44.4 Å². The Morgan fingerprint density at radius 2 is 1.62 bits per heavy atom. The van der Waals surface area contributed by atoms with Gasteiger partial charge in [-0.25, -0.2) is 18.4 Å². The highest BCUT2D eigenvalue weighted by Gasteiger charge is 2.44. The van der Waals surface area contributed by atoms with Crippen molar-refractivity contribution in [2.45, 2.75) is 25.0 Å². The smallest absolute Gasteiger partial charge is 0.137 e. The minimum atomic E-state index is -0.942. The van der Waals surface area contributed by atoms with Gasteiger partial charge in [0, 0.05) is 49.2 Å². The van der Waals surface area contributed by atoms with Crippen molar-refractivity contribution >= 4 is 11.4 Å². The Balaban J connectivity index is 1.02. The second-order valence-corrected chi connectivity index (χ2v) is 10.5. The van der Waals surface area contributed by atoms with Crippen molar-refractivity contribution in [2.75, 3.05) is 49.2 Å². The molecule has 3 heterocycles. The maximum absolute atomic E-state index is 14.8. The fourth-order valence-corrected chi connectivity index (χ4v) is 5.82. The quantitative estimate of drug-likeness (QED) is 0.285. The van der Waals surface area contributed by atoms with Crippen LogP contribution in [0.4, 0.5) is 20.2 Å². The van der Waals surface area contributed by atoms with Gasteiger partial charge in [0.15, 0.2) is 0 Å². The van der Waals surface area contributed by atoms with Crippen molar-refractivity contribution < 1.29 is 18.3 Å². The standard InChI is InChI=1S/C31H33F2N5O2/c32-25-6-11-29(30(33)18-25)31(21-38-23-34-22-35-38)19-24(20-40-31)12-17-39-28-9-7-27(8-10-28)37-15-13-36(14-16-37)26-4-2-1-3-5-26/h1-11,18,22-24H,12-17,19-21H2/t24-,31-/m0/s1. The van der Waals surface area contributed by atoms with E-state index in [0.29, 0.717) is 31.7 Å². The monoisotopic (exact) mass is 545 g/mol. The van der Waals surface area contributed by atoms with Crippen molar-refractivity contribution in [3.05, 3.63) is 103 Å². The summed E-state index contributed by atoms with van der Waals surface area (Å²) < 4.78 is 42.4. The molecule has 0 bridgehead atoms. The molecule has 9 heteroatoms. The number of para-hydroxylation sites is 1. The van der Waals surface area contributed by atoms with Crippen LogP contribution in [0.3, 0.4) is 0 Å². The second-order valence-electron chi connectivity index (χ2n) is 10.5. The van der Waals surface area contributed by atoms with Gasteiger partial charge in [-0.3, -0.25) is 0 Å². The molecule has 1 aromatic heterocycles. The first kappa shape index (κ1) is 26.3. The summed E-state index contributed by atoms with van der Waals surface area (Å²) in [7, 11) is 0. The minimum absolute atomic E-state index is 0.160. The molecule has 6 rings (SSSR count). The van der Waals surface area contributed by atoms with E-state index in [4.69, 9.17) is 9.47 Å². The fraction of sp³-hybridized carbons (Fsp3) is 0.355. The lowest BCUT2D eigenvalue weighted by atomic mass is 9.85. The third kappa shape index (κ3) is 5.79. The lowest BCUT2D eigenvalue weighted by Crippen LogP contribution is -2.46. The maximum atomic E-state index is 14.8. The van der Waals surface area contributed by atoms with Gasteiger partial charge in [-0.1, -0.05) is 24.3 Å². The highest BCUT2D eigenvalue weighted by atomic mass is 19.1. The molecule has 0 spiro atoms. The molecule has 0 unspecified atom stereocenters. The van der Waals surface area contributed by atoms with Crippen LogP contribution < -0.4 is 14.5 Å². The van der Waals surface area contributed by atoms with Crippen LogP contribution in [0.2, 0.25) is 0 Å². The van der Waals surface area contributed by atoms with Gasteiger partial charge in [-0.15, -0.1) is 0 Å². The lowest BCUT2D eigenvalue weighted by Gasteiger charge is -2.37. The fourth-order valence-electron chi connectivity index (χ4n) is 5.82. The van der Waals surface area contributed by atoms with E-state index in [1.165, 1.54) is 29.8 Å². The topological polar surface area (TPSA) is 55.7 Å². The molecule has 2 atom stereocenters. The molecule has 2 fully saturated rings. The van der Waals surface area contributed by atoms with Crippen LogP contribution in [-0.4, -0.2) is 54.2 Å². The molecular weight excluding hydrogens is 512 g/mol. The van der Waals surface area contributed by atoms with Gasteiger partial charge in [0.05, 0.1) is 19.8 Å². The molecule has 40 heavy (non-hydrogen) atoms. The highest BCUT2D eigenvalue weighted by Crippen LogP contribution is 2.42. The van der Waals surface area contributed by atoms with Gasteiger partial charge in [0.1, 0.15) is 35.6 Å². The largest absolute Gasteiger partial charge is 0.494 e. The van der Waals surface area contributed by atoms with E-state index >= 15 is 0 Å². The average Bonchev–Trinajstić information content (AvgIpc) is 3.65. The van der Waals surface area contributed by atoms with E-state index in [1.54, 1.807) is 11.0 Å². The van der Waals surface area contributed by atoms with Crippen LogP contribution in [0.15, 0.2) is 85.5 Å². The number of halogens is 2. The second kappa shape index (κ2) is 11.6. The van der Waals surface area contributed by atoms with Crippen molar-refractivity contribution in [2.24, 2.45) is 5.92 Å². The summed E-state index contributed by atoms with van der Waals surface area (Å²) in [6.45, 7) is 5.21. The minimum Gasteiger partial charge on any atom is -0.494 e. The summed E-state index contributed by atoms with van der Waals surface area (Å²) in [6.07, 6.45) is 4.35. The molecule has 3 aromatic carbocycles. The predicted molar refractivity (Wildman–Crippen MR) is 150 cm³/mol. The molecule has 0 radical (unpaired) electrons. The number of piperazine rings is 1. The van der Waals surface area contributed by atoms with Crippen molar-refractivity contribution in [3.63, 3.8) is 0 Å². The number of aromatic nitrogens is 3. The summed E-state index contributed by atoms with van der Waals surface area (Å²) >= 11 is 0. The lowest BCUT2D eigenvalue weighted by molar-refractivity contribution is -0.0205. The van der Waals surface area contributed by atoms with Crippen LogP contribution >= 0.6 is 0 Å². The number of rotatable bonds is 9. The molecule has 0 saturated carbocycles. The Morgan fingerprint density at radius 3 is 2.30 bits per heavy atom. The van der Waals surface area contributed by atoms with Gasteiger partial charge >= 0.3 is 0 Å². The number of hydrogen-bond donors (Lipinski definition) is 0. The molecule has 0 N–H and O–H groups in total. The molecule has 2 aliphatic heterocycles. The molecule has 0 amide bonds. The van der Waals surface area contributed by atoms with E-state index in [9.17, 15) is 8.78 Å². The summed E-state index contributed by atoms with van der Waals surface area (Å²) in [5.41, 5.74) is 1.87. The van der Waals surface area contributed by atoms with E-state index in [1.807, 2.05) is 18.2 Å². The van der Waals surface area contributed by atoms with Gasteiger partial charge in [0.25, 0.3) is 0 Å². The van der Waals surface area contributed by atoms with Crippen molar-refractivity contribution in [1.29, 1.82) is 0 Å². The number of hydrogen-bond acceptors (Lipinski definition) is 6. The number of ether oxygens (including phenoxy) is 2. The van der Waals surface area contributed by atoms with Crippen molar-refractivity contribution in [1.82, 2.24) is 14.8 Å². The third-order valence-corrected chi connectivity index (χ3v) is 7.92. The summed E-state index contributed by atoms with van der Waals surface area (Å²) in [6, 6.07) is 22.5. The van der Waals surface area contributed by atoms with Crippen LogP contribution in [-0.2, 0) is 16.9 Å². The summed E-state index contributed by atoms with van der Waals surface area (Å²) in [5, 5.41) is 4.18. The normalized spacial score (nSPS) is 21.1. The Bertz CT molecular complexity index is 1380. The molecule has 4 aromatic rings. The van der Waals surface area contributed by atoms with Gasteiger partial charge in [-0.05, 0) is 61.2 Å². The Morgan fingerprint density at radius 1 is 0.900 bits per heavy atom. The third-order valence-electron chi connectivity index (χ3n) is 7.92. The van der Waals surface area contributed by atoms with Crippen molar-refractivity contribution in [3.8, 4) is 5.75 Å². The average molecular weight is 546 g/mol. The van der Waals surface area contributed by atoms with Crippen LogP contribution in [0.1, 0.15) is 18.4 Å². The first-order valence-electron chi connectivity index (χ1n) is 13.8. The Labute approximate surface area is 233 Å². The first-order chi connectivity index (χ1) is 19.6. The van der Waals surface area contributed by atoms with Gasteiger partial charge < -0.3 is 19.3 Å². The van der Waals surface area contributed by atoms with Gasteiger partial charge in [0.2, 0.25) is 0 Å². The summed E-state index contributed by atoms with van der Waals surface area (Å²) in [4.78, 5) is 8.82. The molecule has 2 saturated heterocycles. The number of nitrogens with zero attached hydrogens (tertiary/aromatic N) is 5. The number of benzene rings is 3. The number of anilines is 2. The zero-order valence-corrected chi connectivity index (χ0v) is 22.3. The van der Waals surface area contributed by atoms with Crippen LogP contribution in [0, 0.1) is 17.6 Å². The SMILES string of the molecule is Fc1ccc([C@@]2(Cn3cncn3)C[C@H](CCOc3ccc(N4CCN(c5ccccc5)CC4)cc3)CO2)c(F)c1. The first-order valence-corrected chi connectivity index (χ1v) is 13.8. The van der Waals surface area contributed by atoms with Gasteiger partial charge in [-0.2, -0.15) is 5.10 Å². The molecule has 7 nitrogen and oxygen atoms in total. The maximum Gasteiger partial charge on any atom is 0.137 e. The molecular formula is C31H33F2N5O2. The summed E-state index contributed by atoms with van der Waals surface area (Å²) in [5.74, 6) is -0.239. The van der Waals surface area contributed by atoms with Crippen LogP contribution in [0.25, 0.3) is 0 Å². The van der Waals surface area contributed by atoms with E-state index in [-0.39, 0.29) is 5.92 Å². The zero-order chi connectivity index (χ0) is 27.4. The van der Waals surface area contributed by atoms with E-state index in [2.05, 4.69) is 56.3 Å². The Kier molecular flexibility index (Phi) is 7.64. The predicted octanol–water partition coefficient (Wildman–Crippen LogP) is 5.28. The highest BCUT2D eigenvalue weighted by molar-refractivity contribution is 5.53. The van der Waals surface area contributed by atoms with E-state index < -0.39 is 17.2 Å². The Hall–Kier alpha value is -3.98. The van der Waals surface area contributed by atoms with Crippen LogP contribution in [0.5, 0.6) is 5.75 Å². The molecule has 208 valence electrons. The molecule has 2 aliphatic rings.